The minimum atomic E-state index is -0.0899. The molecule has 0 bridgehead atoms. The average molecular weight is 284 g/mol. The van der Waals surface area contributed by atoms with E-state index in [1.165, 1.54) is 0 Å². The van der Waals surface area contributed by atoms with E-state index in [0.717, 1.165) is 5.56 Å². The number of rotatable bonds is 7. The minimum Gasteiger partial charge on any atom is -0.493 e. The summed E-state index contributed by atoms with van der Waals surface area (Å²) < 4.78 is 11.2. The summed E-state index contributed by atoms with van der Waals surface area (Å²) in [7, 11) is 1.61. The Kier molecular flexibility index (Phi) is 6.19. The third-order valence-corrected chi connectivity index (χ3v) is 2.87. The van der Waals surface area contributed by atoms with Crippen molar-refractivity contribution in [2.45, 2.75) is 39.5 Å². The molecule has 0 fully saturated rings. The summed E-state index contributed by atoms with van der Waals surface area (Å²) in [6.07, 6.45) is 1.65. The zero-order valence-corrected chi connectivity index (χ0v) is 12.8. The largest absolute Gasteiger partial charge is 0.493 e. The summed E-state index contributed by atoms with van der Waals surface area (Å²) in [6, 6.07) is 4.03. The van der Waals surface area contributed by atoms with Gasteiger partial charge in [-0.05, 0) is 13.0 Å². The fraction of sp³-hybridized carbons (Fsp3) is 0.467. The van der Waals surface area contributed by atoms with Gasteiger partial charge in [0.1, 0.15) is 6.10 Å². The molecule has 0 aromatic heterocycles. The van der Waals surface area contributed by atoms with Crippen molar-refractivity contribution in [1.29, 1.82) is 0 Å². The maximum atomic E-state index is 6.10. The molecule has 1 unspecified atom stereocenters. The van der Waals surface area contributed by atoms with Crippen molar-refractivity contribution in [2.24, 2.45) is 0 Å². The smallest absolute Gasteiger partial charge is 0.166 e. The van der Waals surface area contributed by atoms with E-state index in [9.17, 15) is 0 Å². The number of hydrogen-bond acceptors (Lipinski definition) is 3. The molecule has 19 heavy (non-hydrogen) atoms. The molecule has 0 aliphatic heterocycles. The third kappa shape index (κ3) is 4.77. The van der Waals surface area contributed by atoms with Gasteiger partial charge in [-0.3, -0.25) is 0 Å². The molecule has 1 rings (SSSR count). The van der Waals surface area contributed by atoms with Gasteiger partial charge in [-0.25, -0.2) is 0 Å². The lowest BCUT2D eigenvalue weighted by molar-refractivity contribution is 0.251. The fourth-order valence-electron chi connectivity index (χ4n) is 1.59. The van der Waals surface area contributed by atoms with Gasteiger partial charge in [0, 0.05) is 29.2 Å². The second kappa shape index (κ2) is 7.41. The molecule has 1 aromatic carbocycles. The third-order valence-electron chi connectivity index (χ3n) is 2.65. The van der Waals surface area contributed by atoms with Crippen LogP contribution in [-0.4, -0.2) is 19.3 Å². The van der Waals surface area contributed by atoms with Crippen molar-refractivity contribution in [3.8, 4) is 11.5 Å². The normalized spacial score (nSPS) is 12.3. The van der Waals surface area contributed by atoms with Crippen molar-refractivity contribution >= 4 is 11.6 Å². The number of benzene rings is 1. The Hall–Kier alpha value is -1.19. The molecule has 4 heteroatoms. The number of ether oxygens (including phenoxy) is 2. The van der Waals surface area contributed by atoms with Crippen LogP contribution >= 0.6 is 11.6 Å². The molecule has 1 N–H and O–H groups in total. The van der Waals surface area contributed by atoms with Crippen LogP contribution in [0, 0.1) is 0 Å². The first-order valence-corrected chi connectivity index (χ1v) is 6.74. The molecule has 0 saturated carbocycles. The molecule has 0 heterocycles. The Morgan fingerprint density at radius 3 is 2.58 bits per heavy atom. The molecular formula is C15H22ClNO2. The fourth-order valence-corrected chi connectivity index (χ4v) is 1.82. The van der Waals surface area contributed by atoms with Crippen molar-refractivity contribution in [2.75, 3.05) is 7.11 Å². The van der Waals surface area contributed by atoms with E-state index >= 15 is 0 Å². The molecule has 0 aliphatic carbocycles. The highest BCUT2D eigenvalue weighted by atomic mass is 35.5. The Bertz CT molecular complexity index is 432. The molecule has 106 valence electrons. The van der Waals surface area contributed by atoms with E-state index < -0.39 is 0 Å². The van der Waals surface area contributed by atoms with Gasteiger partial charge >= 0.3 is 0 Å². The predicted octanol–water partition coefficient (Wildman–Crippen LogP) is 3.80. The first kappa shape index (κ1) is 15.9. The lowest BCUT2D eigenvalue weighted by Gasteiger charge is -2.19. The summed E-state index contributed by atoms with van der Waals surface area (Å²) in [5.74, 6) is 1.36. The average Bonchev–Trinajstić information content (AvgIpc) is 2.37. The van der Waals surface area contributed by atoms with E-state index in [1.54, 1.807) is 19.3 Å². The Morgan fingerprint density at radius 2 is 2.05 bits per heavy atom. The van der Waals surface area contributed by atoms with Crippen LogP contribution in [0.3, 0.4) is 0 Å². The van der Waals surface area contributed by atoms with Crippen LogP contribution in [0.25, 0.3) is 0 Å². The molecule has 1 atom stereocenters. The summed E-state index contributed by atoms with van der Waals surface area (Å²) in [5.41, 5.74) is 0.978. The van der Waals surface area contributed by atoms with Crippen LogP contribution in [0.1, 0.15) is 26.3 Å². The van der Waals surface area contributed by atoms with E-state index in [2.05, 4.69) is 25.7 Å². The highest BCUT2D eigenvalue weighted by molar-refractivity contribution is 6.30. The minimum absolute atomic E-state index is 0.0899. The van der Waals surface area contributed by atoms with Gasteiger partial charge in [0.15, 0.2) is 11.5 Å². The predicted molar refractivity (Wildman–Crippen MR) is 80.3 cm³/mol. The number of methoxy groups -OCH3 is 1. The van der Waals surface area contributed by atoms with Crippen molar-refractivity contribution in [3.05, 3.63) is 35.4 Å². The Balaban J connectivity index is 3.09. The van der Waals surface area contributed by atoms with Crippen LogP contribution < -0.4 is 14.8 Å². The highest BCUT2D eigenvalue weighted by Gasteiger charge is 2.14. The molecular weight excluding hydrogens is 262 g/mol. The van der Waals surface area contributed by atoms with Crippen LogP contribution in [0.4, 0.5) is 0 Å². The van der Waals surface area contributed by atoms with E-state index in [1.807, 2.05) is 13.0 Å². The van der Waals surface area contributed by atoms with Gasteiger partial charge < -0.3 is 14.8 Å². The summed E-state index contributed by atoms with van der Waals surface area (Å²) >= 11 is 6.10. The first-order chi connectivity index (χ1) is 8.97. The van der Waals surface area contributed by atoms with E-state index in [4.69, 9.17) is 21.1 Å². The Morgan fingerprint density at radius 1 is 1.37 bits per heavy atom. The zero-order valence-electron chi connectivity index (χ0n) is 12.0. The lowest BCUT2D eigenvalue weighted by Crippen LogP contribution is -2.22. The number of halogens is 1. The molecule has 0 amide bonds. The highest BCUT2D eigenvalue weighted by Crippen LogP contribution is 2.35. The van der Waals surface area contributed by atoms with Gasteiger partial charge in [-0.2, -0.15) is 0 Å². The second-order valence-corrected chi connectivity index (χ2v) is 5.13. The maximum Gasteiger partial charge on any atom is 0.166 e. The van der Waals surface area contributed by atoms with E-state index in [0.29, 0.717) is 29.1 Å². The SMILES string of the molecule is C=CC(C)Oc1c(CNC(C)C)cc(Cl)cc1OC. The second-order valence-electron chi connectivity index (χ2n) is 4.69. The molecule has 1 aromatic rings. The summed E-state index contributed by atoms with van der Waals surface area (Å²) in [5, 5.41) is 3.99. The number of nitrogens with one attached hydrogen (secondary N) is 1. The lowest BCUT2D eigenvalue weighted by atomic mass is 10.1. The van der Waals surface area contributed by atoms with Gasteiger partial charge in [0.2, 0.25) is 0 Å². The van der Waals surface area contributed by atoms with Crippen LogP contribution in [0.2, 0.25) is 5.02 Å². The van der Waals surface area contributed by atoms with Crippen LogP contribution in [0.15, 0.2) is 24.8 Å². The molecule has 0 aliphatic rings. The quantitative estimate of drug-likeness (QED) is 0.772. The Labute approximate surface area is 120 Å². The summed E-state index contributed by atoms with van der Waals surface area (Å²) in [6.45, 7) is 10.5. The van der Waals surface area contributed by atoms with Crippen LogP contribution in [0.5, 0.6) is 11.5 Å². The topological polar surface area (TPSA) is 30.5 Å². The first-order valence-electron chi connectivity index (χ1n) is 6.37. The van der Waals surface area contributed by atoms with Crippen molar-refractivity contribution < 1.29 is 9.47 Å². The molecule has 3 nitrogen and oxygen atoms in total. The zero-order chi connectivity index (χ0) is 14.4. The standard InChI is InChI=1S/C15H22ClNO2/c1-6-11(4)19-15-12(9-17-10(2)3)7-13(16)8-14(15)18-5/h6-8,10-11,17H,1,9H2,2-5H3. The van der Waals surface area contributed by atoms with Crippen LogP contribution in [-0.2, 0) is 6.54 Å². The molecule has 0 saturated heterocycles. The maximum absolute atomic E-state index is 6.10. The van der Waals surface area contributed by atoms with Crippen molar-refractivity contribution in [3.63, 3.8) is 0 Å². The van der Waals surface area contributed by atoms with Gasteiger partial charge in [0.05, 0.1) is 7.11 Å². The summed E-state index contributed by atoms with van der Waals surface area (Å²) in [4.78, 5) is 0. The number of hydrogen-bond donors (Lipinski definition) is 1. The van der Waals surface area contributed by atoms with Gasteiger partial charge in [-0.1, -0.05) is 38.1 Å². The van der Waals surface area contributed by atoms with Gasteiger partial charge in [0.25, 0.3) is 0 Å². The molecule has 0 radical (unpaired) electrons. The van der Waals surface area contributed by atoms with E-state index in [-0.39, 0.29) is 6.10 Å². The van der Waals surface area contributed by atoms with Crippen molar-refractivity contribution in [1.82, 2.24) is 5.32 Å². The van der Waals surface area contributed by atoms with Gasteiger partial charge in [-0.15, -0.1) is 0 Å². The monoisotopic (exact) mass is 283 g/mol. The molecule has 0 spiro atoms.